The van der Waals surface area contributed by atoms with Gasteiger partial charge in [-0.2, -0.15) is 0 Å². The van der Waals surface area contributed by atoms with E-state index in [0.717, 1.165) is 13.1 Å². The normalized spacial score (nSPS) is 10.9. The SMILES string of the molecule is CN(Cc1ccnc(Cl)c1)Cc1cccs1. The van der Waals surface area contributed by atoms with Crippen LogP contribution in [-0.2, 0) is 13.1 Å². The van der Waals surface area contributed by atoms with Crippen molar-refractivity contribution in [2.45, 2.75) is 13.1 Å². The molecule has 2 aromatic rings. The summed E-state index contributed by atoms with van der Waals surface area (Å²) in [5.74, 6) is 0. The molecular formula is C12H13ClN2S. The molecule has 0 radical (unpaired) electrons. The number of nitrogens with zero attached hydrogens (tertiary/aromatic N) is 2. The molecule has 2 aromatic heterocycles. The lowest BCUT2D eigenvalue weighted by molar-refractivity contribution is 0.322. The minimum absolute atomic E-state index is 0.557. The second kappa shape index (κ2) is 5.43. The molecule has 16 heavy (non-hydrogen) atoms. The summed E-state index contributed by atoms with van der Waals surface area (Å²) in [5, 5.41) is 2.66. The number of aromatic nitrogens is 1. The minimum atomic E-state index is 0.557. The van der Waals surface area contributed by atoms with Gasteiger partial charge in [-0.1, -0.05) is 17.7 Å². The third kappa shape index (κ3) is 3.30. The first-order chi connectivity index (χ1) is 7.74. The fourth-order valence-corrected chi connectivity index (χ4v) is 2.56. The number of pyridine rings is 1. The Morgan fingerprint density at radius 1 is 1.38 bits per heavy atom. The van der Waals surface area contributed by atoms with E-state index in [9.17, 15) is 0 Å². The van der Waals surface area contributed by atoms with Crippen LogP contribution in [-0.4, -0.2) is 16.9 Å². The Morgan fingerprint density at radius 3 is 2.94 bits per heavy atom. The number of hydrogen-bond donors (Lipinski definition) is 0. The van der Waals surface area contributed by atoms with Crippen LogP contribution in [0.25, 0.3) is 0 Å². The molecule has 2 heterocycles. The average molecular weight is 253 g/mol. The molecule has 0 amide bonds. The largest absolute Gasteiger partial charge is 0.297 e. The van der Waals surface area contributed by atoms with E-state index in [1.165, 1.54) is 10.4 Å². The molecular weight excluding hydrogens is 240 g/mol. The maximum atomic E-state index is 5.84. The Labute approximate surface area is 105 Å². The lowest BCUT2D eigenvalue weighted by Crippen LogP contribution is -2.16. The first-order valence-corrected chi connectivity index (χ1v) is 6.31. The predicted molar refractivity (Wildman–Crippen MR) is 68.7 cm³/mol. The van der Waals surface area contributed by atoms with Gasteiger partial charge in [0.15, 0.2) is 0 Å². The van der Waals surface area contributed by atoms with Gasteiger partial charge in [0.2, 0.25) is 0 Å². The Morgan fingerprint density at radius 2 is 2.25 bits per heavy atom. The molecule has 0 fully saturated rings. The molecule has 84 valence electrons. The van der Waals surface area contributed by atoms with Gasteiger partial charge in [-0.05, 0) is 36.2 Å². The van der Waals surface area contributed by atoms with E-state index in [1.807, 2.05) is 12.1 Å². The lowest BCUT2D eigenvalue weighted by atomic mass is 10.2. The van der Waals surface area contributed by atoms with Gasteiger partial charge in [0, 0.05) is 24.2 Å². The molecule has 0 aliphatic rings. The van der Waals surface area contributed by atoms with Gasteiger partial charge >= 0.3 is 0 Å². The molecule has 0 aromatic carbocycles. The second-order valence-electron chi connectivity index (χ2n) is 3.74. The molecule has 0 N–H and O–H groups in total. The molecule has 0 atom stereocenters. The number of hydrogen-bond acceptors (Lipinski definition) is 3. The lowest BCUT2D eigenvalue weighted by Gasteiger charge is -2.15. The average Bonchev–Trinajstić information content (AvgIpc) is 2.70. The van der Waals surface area contributed by atoms with Crippen molar-refractivity contribution in [1.82, 2.24) is 9.88 Å². The van der Waals surface area contributed by atoms with Crippen molar-refractivity contribution in [2.24, 2.45) is 0 Å². The molecule has 0 spiro atoms. The van der Waals surface area contributed by atoms with Crippen molar-refractivity contribution in [3.05, 3.63) is 51.4 Å². The van der Waals surface area contributed by atoms with E-state index >= 15 is 0 Å². The topological polar surface area (TPSA) is 16.1 Å². The van der Waals surface area contributed by atoms with Crippen LogP contribution in [0, 0.1) is 0 Å². The predicted octanol–water partition coefficient (Wildman–Crippen LogP) is 3.43. The maximum Gasteiger partial charge on any atom is 0.129 e. The molecule has 0 unspecified atom stereocenters. The van der Waals surface area contributed by atoms with Gasteiger partial charge < -0.3 is 0 Å². The fourth-order valence-electron chi connectivity index (χ4n) is 1.58. The van der Waals surface area contributed by atoms with E-state index in [4.69, 9.17) is 11.6 Å². The van der Waals surface area contributed by atoms with E-state index in [1.54, 1.807) is 17.5 Å². The number of halogens is 1. The highest BCUT2D eigenvalue weighted by Crippen LogP contribution is 2.14. The zero-order valence-corrected chi connectivity index (χ0v) is 10.6. The zero-order valence-electron chi connectivity index (χ0n) is 9.06. The van der Waals surface area contributed by atoms with Crippen molar-refractivity contribution in [1.29, 1.82) is 0 Å². The van der Waals surface area contributed by atoms with Crippen LogP contribution in [0.4, 0.5) is 0 Å². The molecule has 4 heteroatoms. The minimum Gasteiger partial charge on any atom is -0.297 e. The Bertz CT molecular complexity index is 442. The number of thiophene rings is 1. The summed E-state index contributed by atoms with van der Waals surface area (Å²) in [4.78, 5) is 7.61. The summed E-state index contributed by atoms with van der Waals surface area (Å²) in [6.07, 6.45) is 1.75. The highest BCUT2D eigenvalue weighted by atomic mass is 35.5. The Balaban J connectivity index is 1.94. The quantitative estimate of drug-likeness (QED) is 0.775. The van der Waals surface area contributed by atoms with Crippen molar-refractivity contribution in [2.75, 3.05) is 7.05 Å². The summed E-state index contributed by atoms with van der Waals surface area (Å²) in [6, 6.07) is 8.14. The van der Waals surface area contributed by atoms with Crippen LogP contribution < -0.4 is 0 Å². The molecule has 2 rings (SSSR count). The van der Waals surface area contributed by atoms with Crippen molar-refractivity contribution in [3.8, 4) is 0 Å². The molecule has 0 bridgehead atoms. The van der Waals surface area contributed by atoms with E-state index < -0.39 is 0 Å². The number of rotatable bonds is 4. The van der Waals surface area contributed by atoms with Gasteiger partial charge in [-0.3, -0.25) is 4.90 Å². The van der Waals surface area contributed by atoms with Crippen LogP contribution in [0.3, 0.4) is 0 Å². The summed E-state index contributed by atoms with van der Waals surface area (Å²) < 4.78 is 0. The first-order valence-electron chi connectivity index (χ1n) is 5.05. The van der Waals surface area contributed by atoms with Crippen LogP contribution in [0.15, 0.2) is 35.8 Å². The smallest absolute Gasteiger partial charge is 0.129 e. The van der Waals surface area contributed by atoms with Crippen LogP contribution >= 0.6 is 22.9 Å². The van der Waals surface area contributed by atoms with E-state index in [0.29, 0.717) is 5.15 Å². The highest BCUT2D eigenvalue weighted by Gasteiger charge is 2.03. The monoisotopic (exact) mass is 252 g/mol. The third-order valence-electron chi connectivity index (χ3n) is 2.25. The maximum absolute atomic E-state index is 5.84. The third-order valence-corrected chi connectivity index (χ3v) is 3.32. The standard InChI is InChI=1S/C12H13ClN2S/c1-15(9-11-3-2-6-16-11)8-10-4-5-14-12(13)7-10/h2-7H,8-9H2,1H3. The van der Waals surface area contributed by atoms with Gasteiger partial charge in [-0.15, -0.1) is 11.3 Å². The van der Waals surface area contributed by atoms with Crippen LogP contribution in [0.5, 0.6) is 0 Å². The van der Waals surface area contributed by atoms with Crippen molar-refractivity contribution in [3.63, 3.8) is 0 Å². The van der Waals surface area contributed by atoms with Gasteiger partial charge in [-0.25, -0.2) is 4.98 Å². The summed E-state index contributed by atoms with van der Waals surface area (Å²) in [6.45, 7) is 1.86. The van der Waals surface area contributed by atoms with E-state index in [2.05, 4.69) is 34.4 Å². The van der Waals surface area contributed by atoms with Crippen molar-refractivity contribution >= 4 is 22.9 Å². The molecule has 0 saturated heterocycles. The summed E-state index contributed by atoms with van der Waals surface area (Å²) >= 11 is 7.63. The fraction of sp³-hybridized carbons (Fsp3) is 0.250. The van der Waals surface area contributed by atoms with Crippen LogP contribution in [0.2, 0.25) is 5.15 Å². The Kier molecular flexibility index (Phi) is 3.93. The van der Waals surface area contributed by atoms with Gasteiger partial charge in [0.25, 0.3) is 0 Å². The summed E-state index contributed by atoms with van der Waals surface area (Å²) in [7, 11) is 2.11. The summed E-state index contributed by atoms with van der Waals surface area (Å²) in [5.41, 5.74) is 1.19. The van der Waals surface area contributed by atoms with E-state index in [-0.39, 0.29) is 0 Å². The molecule has 0 saturated carbocycles. The Hall–Kier alpha value is -0.900. The van der Waals surface area contributed by atoms with Crippen molar-refractivity contribution < 1.29 is 0 Å². The highest BCUT2D eigenvalue weighted by molar-refractivity contribution is 7.09. The molecule has 2 nitrogen and oxygen atoms in total. The molecule has 0 aliphatic heterocycles. The molecule has 0 aliphatic carbocycles. The van der Waals surface area contributed by atoms with Gasteiger partial charge in [0.05, 0.1) is 0 Å². The van der Waals surface area contributed by atoms with Crippen LogP contribution in [0.1, 0.15) is 10.4 Å². The zero-order chi connectivity index (χ0) is 11.4. The first kappa shape index (κ1) is 11.6. The second-order valence-corrected chi connectivity index (χ2v) is 5.16. The van der Waals surface area contributed by atoms with Gasteiger partial charge in [0.1, 0.15) is 5.15 Å².